The van der Waals surface area contributed by atoms with Crippen LogP contribution in [-0.4, -0.2) is 30.1 Å². The number of carboxylic acids is 1. The molecule has 0 heterocycles. The van der Waals surface area contributed by atoms with Gasteiger partial charge in [0.25, 0.3) is 0 Å². The summed E-state index contributed by atoms with van der Waals surface area (Å²) in [5.41, 5.74) is 0.839. The first-order valence-electron chi connectivity index (χ1n) is 4.17. The number of rotatable bonds is 3. The predicted octanol–water partition coefficient (Wildman–Crippen LogP) is 1.98. The van der Waals surface area contributed by atoms with E-state index < -0.39 is 12.0 Å². The van der Waals surface area contributed by atoms with E-state index in [1.165, 1.54) is 0 Å². The zero-order valence-corrected chi connectivity index (χ0v) is 10.2. The Kier molecular flexibility index (Phi) is 3.88. The highest BCUT2D eigenvalue weighted by Crippen LogP contribution is 2.23. The molecule has 0 aromatic heterocycles. The molecule has 1 aromatic rings. The molecule has 14 heavy (non-hydrogen) atoms. The maximum absolute atomic E-state index is 11.0. The van der Waals surface area contributed by atoms with Gasteiger partial charge in [-0.15, -0.1) is 0 Å². The van der Waals surface area contributed by atoms with Crippen molar-refractivity contribution in [3.05, 3.63) is 33.4 Å². The lowest BCUT2D eigenvalue weighted by molar-refractivity contribution is -0.142. The molecule has 0 saturated carbocycles. The molecule has 4 heteroatoms. The Balaban J connectivity index is 3.12. The Morgan fingerprint density at radius 2 is 2.00 bits per heavy atom. The maximum atomic E-state index is 11.0. The molecule has 1 N–H and O–H groups in total. The minimum Gasteiger partial charge on any atom is -0.480 e. The molecule has 1 rings (SSSR count). The van der Waals surface area contributed by atoms with Gasteiger partial charge >= 0.3 is 5.97 Å². The lowest BCUT2D eigenvalue weighted by atomic mass is 10.1. The van der Waals surface area contributed by atoms with Crippen LogP contribution in [0.4, 0.5) is 0 Å². The monoisotopic (exact) mass is 305 g/mol. The van der Waals surface area contributed by atoms with Crippen LogP contribution < -0.4 is 0 Å². The number of benzene rings is 1. The van der Waals surface area contributed by atoms with Crippen molar-refractivity contribution in [1.29, 1.82) is 0 Å². The van der Waals surface area contributed by atoms with Crippen molar-refractivity contribution >= 4 is 28.6 Å². The average Bonchev–Trinajstić information content (AvgIpc) is 2.07. The Morgan fingerprint density at radius 3 is 2.43 bits per heavy atom. The van der Waals surface area contributed by atoms with Crippen molar-refractivity contribution in [1.82, 2.24) is 4.90 Å². The zero-order chi connectivity index (χ0) is 10.7. The fraction of sp³-hybridized carbons (Fsp3) is 0.300. The summed E-state index contributed by atoms with van der Waals surface area (Å²) in [4.78, 5) is 12.7. The van der Waals surface area contributed by atoms with E-state index in [-0.39, 0.29) is 0 Å². The van der Waals surface area contributed by atoms with E-state index in [1.54, 1.807) is 19.0 Å². The van der Waals surface area contributed by atoms with Gasteiger partial charge in [0.15, 0.2) is 0 Å². The largest absolute Gasteiger partial charge is 0.480 e. The van der Waals surface area contributed by atoms with Gasteiger partial charge in [-0.05, 0) is 48.3 Å². The quantitative estimate of drug-likeness (QED) is 0.868. The van der Waals surface area contributed by atoms with Crippen LogP contribution in [0, 0.1) is 3.57 Å². The normalized spacial score (nSPS) is 12.9. The van der Waals surface area contributed by atoms with Gasteiger partial charge in [-0.1, -0.05) is 18.2 Å². The summed E-state index contributed by atoms with van der Waals surface area (Å²) < 4.78 is 0.978. The molecule has 0 saturated heterocycles. The molecule has 0 aliphatic heterocycles. The fourth-order valence-corrected chi connectivity index (χ4v) is 2.01. The van der Waals surface area contributed by atoms with E-state index in [0.29, 0.717) is 0 Å². The van der Waals surface area contributed by atoms with Crippen molar-refractivity contribution in [2.45, 2.75) is 6.04 Å². The highest BCUT2D eigenvalue weighted by Gasteiger charge is 2.23. The van der Waals surface area contributed by atoms with Gasteiger partial charge in [-0.3, -0.25) is 9.69 Å². The lowest BCUT2D eigenvalue weighted by Gasteiger charge is -2.21. The number of aliphatic carboxylic acids is 1. The molecule has 3 nitrogen and oxygen atoms in total. The van der Waals surface area contributed by atoms with Gasteiger partial charge < -0.3 is 5.11 Å². The number of likely N-dealkylation sites (N-methyl/N-ethyl adjacent to an activating group) is 1. The highest BCUT2D eigenvalue weighted by molar-refractivity contribution is 14.1. The third-order valence-corrected chi connectivity index (χ3v) is 2.93. The standard InChI is InChI=1S/C10H12INO2/c1-12(2)9(10(13)14)7-5-3-4-6-8(7)11/h3-6,9H,1-2H3,(H,13,14). The second-order valence-corrected chi connectivity index (χ2v) is 4.39. The molecule has 1 atom stereocenters. The van der Waals surface area contributed by atoms with E-state index in [1.807, 2.05) is 24.3 Å². The summed E-state index contributed by atoms with van der Waals surface area (Å²) in [7, 11) is 3.53. The van der Waals surface area contributed by atoms with Crippen molar-refractivity contribution < 1.29 is 9.90 Å². The number of hydrogen-bond acceptors (Lipinski definition) is 2. The minimum atomic E-state index is -0.820. The Bertz CT molecular complexity index is 339. The average molecular weight is 305 g/mol. The molecule has 0 spiro atoms. The predicted molar refractivity (Wildman–Crippen MR) is 63.2 cm³/mol. The third kappa shape index (κ3) is 2.45. The molecule has 0 aliphatic rings. The maximum Gasteiger partial charge on any atom is 0.325 e. The number of carbonyl (C=O) groups is 1. The van der Waals surface area contributed by atoms with Crippen molar-refractivity contribution in [3.8, 4) is 0 Å². The summed E-state index contributed by atoms with van der Waals surface area (Å²) in [5, 5.41) is 9.08. The summed E-state index contributed by atoms with van der Waals surface area (Å²) in [6, 6.07) is 6.95. The van der Waals surface area contributed by atoms with E-state index in [4.69, 9.17) is 5.11 Å². The van der Waals surface area contributed by atoms with E-state index in [2.05, 4.69) is 22.6 Å². The van der Waals surface area contributed by atoms with Gasteiger partial charge in [-0.2, -0.15) is 0 Å². The van der Waals surface area contributed by atoms with E-state index in [0.717, 1.165) is 9.13 Å². The molecular weight excluding hydrogens is 293 g/mol. The zero-order valence-electron chi connectivity index (χ0n) is 8.07. The van der Waals surface area contributed by atoms with Gasteiger partial charge in [0, 0.05) is 3.57 Å². The Labute approximate surface area is 96.9 Å². The first kappa shape index (κ1) is 11.5. The number of carboxylic acid groups (broad SMARTS) is 1. The van der Waals surface area contributed by atoms with Crippen LogP contribution >= 0.6 is 22.6 Å². The van der Waals surface area contributed by atoms with Crippen LogP contribution in [0.2, 0.25) is 0 Å². The number of nitrogens with zero attached hydrogens (tertiary/aromatic N) is 1. The first-order valence-corrected chi connectivity index (χ1v) is 5.25. The molecular formula is C10H12INO2. The molecule has 1 aromatic carbocycles. The summed E-state index contributed by atoms with van der Waals surface area (Å²) in [5.74, 6) is -0.820. The summed E-state index contributed by atoms with van der Waals surface area (Å²) >= 11 is 2.15. The Morgan fingerprint density at radius 1 is 1.43 bits per heavy atom. The SMILES string of the molecule is CN(C)C(C(=O)O)c1ccccc1I. The van der Waals surface area contributed by atoms with E-state index in [9.17, 15) is 4.79 Å². The van der Waals surface area contributed by atoms with Crippen LogP contribution in [-0.2, 0) is 4.79 Å². The van der Waals surface area contributed by atoms with Crippen molar-refractivity contribution in [3.63, 3.8) is 0 Å². The van der Waals surface area contributed by atoms with Crippen LogP contribution in [0.3, 0.4) is 0 Å². The second-order valence-electron chi connectivity index (χ2n) is 3.23. The van der Waals surface area contributed by atoms with Gasteiger partial charge in [0.1, 0.15) is 6.04 Å². The van der Waals surface area contributed by atoms with Crippen LogP contribution in [0.5, 0.6) is 0 Å². The number of hydrogen-bond donors (Lipinski definition) is 1. The van der Waals surface area contributed by atoms with Gasteiger partial charge in [0.05, 0.1) is 0 Å². The molecule has 1 unspecified atom stereocenters. The molecule has 0 radical (unpaired) electrons. The fourth-order valence-electron chi connectivity index (χ4n) is 1.33. The van der Waals surface area contributed by atoms with Crippen LogP contribution in [0.15, 0.2) is 24.3 Å². The summed E-state index contributed by atoms with van der Waals surface area (Å²) in [6.07, 6.45) is 0. The van der Waals surface area contributed by atoms with Crippen LogP contribution in [0.1, 0.15) is 11.6 Å². The first-order chi connectivity index (χ1) is 6.54. The molecule has 76 valence electrons. The van der Waals surface area contributed by atoms with E-state index >= 15 is 0 Å². The third-order valence-electron chi connectivity index (χ3n) is 1.95. The molecule has 0 amide bonds. The smallest absolute Gasteiger partial charge is 0.325 e. The number of halogens is 1. The minimum absolute atomic E-state index is 0.567. The van der Waals surface area contributed by atoms with Crippen molar-refractivity contribution in [2.75, 3.05) is 14.1 Å². The molecule has 0 aliphatic carbocycles. The Hall–Kier alpha value is -0.620. The van der Waals surface area contributed by atoms with Crippen molar-refractivity contribution in [2.24, 2.45) is 0 Å². The topological polar surface area (TPSA) is 40.5 Å². The summed E-state index contributed by atoms with van der Waals surface area (Å²) in [6.45, 7) is 0. The molecule has 0 fully saturated rings. The second kappa shape index (κ2) is 4.75. The van der Waals surface area contributed by atoms with Crippen LogP contribution in [0.25, 0.3) is 0 Å². The van der Waals surface area contributed by atoms with Gasteiger partial charge in [0.2, 0.25) is 0 Å². The lowest BCUT2D eigenvalue weighted by Crippen LogP contribution is -2.28. The van der Waals surface area contributed by atoms with Gasteiger partial charge in [-0.25, -0.2) is 0 Å². The highest BCUT2D eigenvalue weighted by atomic mass is 127. The molecule has 0 bridgehead atoms.